The van der Waals surface area contributed by atoms with Crippen LogP contribution in [0.3, 0.4) is 0 Å². The lowest BCUT2D eigenvalue weighted by molar-refractivity contribution is -0.136. The van der Waals surface area contributed by atoms with Crippen molar-refractivity contribution in [1.29, 1.82) is 0 Å². The summed E-state index contributed by atoms with van der Waals surface area (Å²) in [7, 11) is 0. The van der Waals surface area contributed by atoms with E-state index in [1.807, 2.05) is 32.0 Å². The van der Waals surface area contributed by atoms with E-state index in [2.05, 4.69) is 11.1 Å². The van der Waals surface area contributed by atoms with Crippen molar-refractivity contribution in [1.82, 2.24) is 4.98 Å². The second-order valence-corrected chi connectivity index (χ2v) is 6.60. The molecule has 0 aliphatic heterocycles. The van der Waals surface area contributed by atoms with Gasteiger partial charge in [0.05, 0.1) is 11.3 Å². The van der Waals surface area contributed by atoms with Gasteiger partial charge in [-0.1, -0.05) is 41.5 Å². The van der Waals surface area contributed by atoms with Gasteiger partial charge in [0.15, 0.2) is 0 Å². The van der Waals surface area contributed by atoms with Gasteiger partial charge in [0, 0.05) is 17.1 Å². The molecule has 0 aliphatic carbocycles. The lowest BCUT2D eigenvalue weighted by atomic mass is 9.94. The highest BCUT2D eigenvalue weighted by Crippen LogP contribution is 2.39. The molecule has 1 heterocycles. The number of fused-ring (bicyclic) bond motifs is 3. The van der Waals surface area contributed by atoms with E-state index in [9.17, 15) is 13.2 Å². The maximum atomic E-state index is 13.4. The number of halogens is 3. The van der Waals surface area contributed by atoms with E-state index in [1.54, 1.807) is 24.4 Å². The molecule has 0 fully saturated rings. The van der Waals surface area contributed by atoms with Crippen LogP contribution in [0.15, 0.2) is 60.8 Å². The summed E-state index contributed by atoms with van der Waals surface area (Å²) in [6.07, 6.45) is -2.69. The van der Waals surface area contributed by atoms with Gasteiger partial charge in [0.1, 0.15) is 0 Å². The maximum Gasteiger partial charge on any atom is 0.417 e. The van der Waals surface area contributed by atoms with Crippen molar-refractivity contribution in [3.05, 3.63) is 77.5 Å². The Morgan fingerprint density at radius 1 is 0.808 bits per heavy atom. The Balaban J connectivity index is 2.14. The number of nitrogens with zero attached hydrogens (tertiary/aromatic N) is 1. The number of hydrogen-bond acceptors (Lipinski definition) is 1. The van der Waals surface area contributed by atoms with E-state index in [0.29, 0.717) is 11.1 Å². The molecule has 1 nitrogen and oxygen atoms in total. The molecular formula is C22H16F3N. The first-order valence-electron chi connectivity index (χ1n) is 8.31. The molecule has 4 rings (SSSR count). The fourth-order valence-corrected chi connectivity index (χ4v) is 3.61. The number of alkyl halides is 3. The summed E-state index contributed by atoms with van der Waals surface area (Å²) in [4.78, 5) is 4.52. The molecule has 3 aromatic carbocycles. The highest BCUT2D eigenvalue weighted by Gasteiger charge is 2.32. The first-order chi connectivity index (χ1) is 12.3. The monoisotopic (exact) mass is 351 g/mol. The molecule has 0 N–H and O–H groups in total. The van der Waals surface area contributed by atoms with Crippen molar-refractivity contribution >= 4 is 21.5 Å². The largest absolute Gasteiger partial charge is 0.417 e. The summed E-state index contributed by atoms with van der Waals surface area (Å²) in [6, 6.07) is 15.5. The van der Waals surface area contributed by atoms with Crippen LogP contribution in [0.5, 0.6) is 0 Å². The second-order valence-electron chi connectivity index (χ2n) is 6.60. The van der Waals surface area contributed by atoms with E-state index < -0.39 is 11.7 Å². The molecule has 0 atom stereocenters. The number of aryl methyl sites for hydroxylation is 2. The Hall–Kier alpha value is -2.88. The lowest BCUT2D eigenvalue weighted by Gasteiger charge is -2.14. The molecule has 0 bridgehead atoms. The van der Waals surface area contributed by atoms with Crippen LogP contribution in [0.1, 0.15) is 16.7 Å². The Morgan fingerprint density at radius 2 is 1.54 bits per heavy atom. The van der Waals surface area contributed by atoms with Crippen LogP contribution in [0, 0.1) is 13.8 Å². The molecule has 26 heavy (non-hydrogen) atoms. The topological polar surface area (TPSA) is 12.9 Å². The molecule has 0 radical (unpaired) electrons. The fraction of sp³-hybridized carbons (Fsp3) is 0.136. The van der Waals surface area contributed by atoms with E-state index in [4.69, 9.17) is 0 Å². The molecule has 0 amide bonds. The van der Waals surface area contributed by atoms with Gasteiger partial charge in [-0.3, -0.25) is 4.98 Å². The molecule has 0 saturated heterocycles. The number of aromatic nitrogens is 1. The van der Waals surface area contributed by atoms with Crippen LogP contribution in [-0.4, -0.2) is 4.98 Å². The predicted molar refractivity (Wildman–Crippen MR) is 99.2 cm³/mol. The molecule has 130 valence electrons. The summed E-state index contributed by atoms with van der Waals surface area (Å²) in [5.41, 5.74) is 3.19. The van der Waals surface area contributed by atoms with Crippen molar-refractivity contribution < 1.29 is 13.2 Å². The van der Waals surface area contributed by atoms with E-state index in [-0.39, 0.29) is 5.39 Å². The van der Waals surface area contributed by atoms with Crippen LogP contribution in [0.25, 0.3) is 32.8 Å². The highest BCUT2D eigenvalue weighted by molar-refractivity contribution is 6.14. The van der Waals surface area contributed by atoms with Gasteiger partial charge in [-0.2, -0.15) is 13.2 Å². The van der Waals surface area contributed by atoms with Crippen LogP contribution >= 0.6 is 0 Å². The van der Waals surface area contributed by atoms with Gasteiger partial charge >= 0.3 is 6.18 Å². The SMILES string of the molecule is Cc1cc(C)cc(-c2nccc3ccc4c(C(F)(F)F)cccc4c23)c1. The zero-order valence-corrected chi connectivity index (χ0v) is 14.4. The number of hydrogen-bond donors (Lipinski definition) is 0. The van der Waals surface area contributed by atoms with Gasteiger partial charge in [-0.25, -0.2) is 0 Å². The standard InChI is InChI=1S/C22H16F3N/c1-13-10-14(2)12-16(11-13)21-20-15(8-9-26-21)6-7-17-18(20)4-3-5-19(17)22(23,24)25/h3-12H,1-2H3. The van der Waals surface area contributed by atoms with Crippen molar-refractivity contribution in [2.75, 3.05) is 0 Å². The summed E-state index contributed by atoms with van der Waals surface area (Å²) >= 11 is 0. The quantitative estimate of drug-likeness (QED) is 0.348. The normalized spacial score (nSPS) is 12.0. The van der Waals surface area contributed by atoms with Crippen LogP contribution in [-0.2, 0) is 6.18 Å². The Morgan fingerprint density at radius 3 is 2.23 bits per heavy atom. The minimum atomic E-state index is -4.39. The third-order valence-electron chi connectivity index (χ3n) is 4.59. The summed E-state index contributed by atoms with van der Waals surface area (Å²) in [5, 5.41) is 2.40. The zero-order valence-electron chi connectivity index (χ0n) is 14.4. The average molecular weight is 351 g/mol. The maximum absolute atomic E-state index is 13.4. The molecule has 0 unspecified atom stereocenters. The van der Waals surface area contributed by atoms with Crippen molar-refractivity contribution in [2.24, 2.45) is 0 Å². The zero-order chi connectivity index (χ0) is 18.5. The van der Waals surface area contributed by atoms with E-state index in [0.717, 1.165) is 33.5 Å². The summed E-state index contributed by atoms with van der Waals surface area (Å²) in [6.45, 7) is 4.00. The Kier molecular flexibility index (Phi) is 3.72. The molecule has 1 aromatic heterocycles. The summed E-state index contributed by atoms with van der Waals surface area (Å²) in [5.74, 6) is 0. The predicted octanol–water partition coefficient (Wildman–Crippen LogP) is 6.69. The van der Waals surface area contributed by atoms with Crippen molar-refractivity contribution in [3.63, 3.8) is 0 Å². The summed E-state index contributed by atoms with van der Waals surface area (Å²) < 4.78 is 40.3. The van der Waals surface area contributed by atoms with Crippen molar-refractivity contribution in [3.8, 4) is 11.3 Å². The van der Waals surface area contributed by atoms with Gasteiger partial charge in [0.2, 0.25) is 0 Å². The fourth-order valence-electron chi connectivity index (χ4n) is 3.61. The first kappa shape index (κ1) is 16.6. The number of benzene rings is 3. The minimum Gasteiger partial charge on any atom is -0.256 e. The van der Waals surface area contributed by atoms with Crippen molar-refractivity contribution in [2.45, 2.75) is 20.0 Å². The minimum absolute atomic E-state index is 0.200. The highest BCUT2D eigenvalue weighted by atomic mass is 19.4. The third kappa shape index (κ3) is 2.71. The first-order valence-corrected chi connectivity index (χ1v) is 8.31. The molecule has 4 aromatic rings. The Bertz CT molecular complexity index is 1120. The van der Waals surface area contributed by atoms with E-state index in [1.165, 1.54) is 6.07 Å². The van der Waals surface area contributed by atoms with E-state index >= 15 is 0 Å². The van der Waals surface area contributed by atoms with Crippen LogP contribution in [0.4, 0.5) is 13.2 Å². The van der Waals surface area contributed by atoms with Crippen LogP contribution < -0.4 is 0 Å². The average Bonchev–Trinajstić information content (AvgIpc) is 2.58. The van der Waals surface area contributed by atoms with Gasteiger partial charge < -0.3 is 0 Å². The third-order valence-corrected chi connectivity index (χ3v) is 4.59. The van der Waals surface area contributed by atoms with Gasteiger partial charge in [0.25, 0.3) is 0 Å². The Labute approximate surface area is 149 Å². The molecule has 4 heteroatoms. The number of pyridine rings is 1. The molecule has 0 saturated carbocycles. The molecule has 0 spiro atoms. The second kappa shape index (κ2) is 5.84. The molecule has 0 aliphatic rings. The molecular weight excluding hydrogens is 335 g/mol. The lowest BCUT2D eigenvalue weighted by Crippen LogP contribution is -2.05. The van der Waals surface area contributed by atoms with Gasteiger partial charge in [-0.05, 0) is 54.3 Å². The smallest absolute Gasteiger partial charge is 0.256 e. The number of rotatable bonds is 1. The van der Waals surface area contributed by atoms with Gasteiger partial charge in [-0.15, -0.1) is 0 Å². The van der Waals surface area contributed by atoms with Crippen LogP contribution in [0.2, 0.25) is 0 Å².